The normalized spacial score (nSPS) is 12.2. The molecule has 2 aromatic rings. The van der Waals surface area contributed by atoms with Gasteiger partial charge in [-0.3, -0.25) is 4.79 Å². The number of benzene rings is 1. The van der Waals surface area contributed by atoms with Gasteiger partial charge in [0.2, 0.25) is 5.91 Å². The number of halogens is 2. The lowest BCUT2D eigenvalue weighted by molar-refractivity contribution is -0.0968. The Hall–Kier alpha value is -3.75. The van der Waals surface area contributed by atoms with Crippen LogP contribution in [0.4, 0.5) is 14.6 Å². The van der Waals surface area contributed by atoms with E-state index in [0.29, 0.717) is 28.2 Å². The molecular weight excluding hydrogens is 392 g/mol. The fourth-order valence-corrected chi connectivity index (χ4v) is 2.39. The van der Waals surface area contributed by atoms with Gasteiger partial charge in [-0.25, -0.2) is 0 Å². The Balaban J connectivity index is 2.07. The van der Waals surface area contributed by atoms with Crippen molar-refractivity contribution in [3.05, 3.63) is 78.2 Å². The average Bonchev–Trinajstić information content (AvgIpc) is 2.67. The SMILES string of the molecule is C=C(/C=C\C=C(/N)OC(F)F)C(C)(C)Nc1ccc(-c2cccc(C(N)=O)c2)nn1. The number of ether oxygens (including phenoxy) is 1. The molecule has 1 aromatic carbocycles. The number of primary amides is 1. The summed E-state index contributed by atoms with van der Waals surface area (Å²) in [7, 11) is 0. The Morgan fingerprint density at radius 2 is 1.97 bits per heavy atom. The summed E-state index contributed by atoms with van der Waals surface area (Å²) >= 11 is 0. The largest absolute Gasteiger partial charge is 0.420 e. The molecule has 0 radical (unpaired) electrons. The molecule has 9 heteroatoms. The van der Waals surface area contributed by atoms with Crippen molar-refractivity contribution >= 4 is 11.7 Å². The summed E-state index contributed by atoms with van der Waals surface area (Å²) in [5, 5.41) is 11.5. The number of hydrogen-bond donors (Lipinski definition) is 3. The Morgan fingerprint density at radius 3 is 2.57 bits per heavy atom. The van der Waals surface area contributed by atoms with Gasteiger partial charge < -0.3 is 21.5 Å². The van der Waals surface area contributed by atoms with Crippen LogP contribution in [-0.2, 0) is 4.74 Å². The van der Waals surface area contributed by atoms with E-state index < -0.39 is 23.9 Å². The second-order valence-corrected chi connectivity index (χ2v) is 6.83. The zero-order valence-electron chi connectivity index (χ0n) is 16.6. The summed E-state index contributed by atoms with van der Waals surface area (Å²) in [5.41, 5.74) is 12.3. The summed E-state index contributed by atoms with van der Waals surface area (Å²) in [5.74, 6) is -0.420. The van der Waals surface area contributed by atoms with Crippen LogP contribution in [0.15, 0.2) is 72.7 Å². The van der Waals surface area contributed by atoms with Crippen LogP contribution in [0.3, 0.4) is 0 Å². The predicted octanol–water partition coefficient (Wildman–Crippen LogP) is 3.58. The topological polar surface area (TPSA) is 116 Å². The monoisotopic (exact) mass is 415 g/mol. The lowest BCUT2D eigenvalue weighted by Gasteiger charge is -2.27. The van der Waals surface area contributed by atoms with Crippen molar-refractivity contribution in [2.24, 2.45) is 11.5 Å². The van der Waals surface area contributed by atoms with Crippen LogP contribution < -0.4 is 16.8 Å². The standard InChI is InChI=1S/C21H23F2N5O2/c1-13(6-4-9-17(24)30-20(22)23)21(2,3)26-18-11-10-16(27-28-18)14-7-5-8-15(12-14)19(25)29/h4-12,20H,1,24H2,2-3H3,(H2,25,29)(H,26,28)/b6-4-,17-9+. The molecule has 7 nitrogen and oxygen atoms in total. The van der Waals surface area contributed by atoms with Crippen LogP contribution >= 0.6 is 0 Å². The number of nitrogens with two attached hydrogens (primary N) is 2. The molecule has 0 unspecified atom stereocenters. The molecule has 0 saturated heterocycles. The van der Waals surface area contributed by atoms with E-state index in [4.69, 9.17) is 11.5 Å². The number of anilines is 1. The smallest absolute Gasteiger partial charge is 0.388 e. The van der Waals surface area contributed by atoms with Gasteiger partial charge in [-0.05, 0) is 49.8 Å². The molecule has 0 spiro atoms. The maximum atomic E-state index is 12.1. The highest BCUT2D eigenvalue weighted by Crippen LogP contribution is 2.23. The number of alkyl halides is 2. The minimum Gasteiger partial charge on any atom is -0.420 e. The molecule has 1 amide bonds. The molecular formula is C21H23F2N5O2. The molecule has 0 aliphatic carbocycles. The summed E-state index contributed by atoms with van der Waals surface area (Å²) in [6.45, 7) is 4.73. The van der Waals surface area contributed by atoms with Crippen LogP contribution in [-0.4, -0.2) is 28.3 Å². The third-order valence-corrected chi connectivity index (χ3v) is 4.13. The van der Waals surface area contributed by atoms with Gasteiger partial charge in [0.15, 0.2) is 5.88 Å². The number of carbonyl (C=O) groups is 1. The predicted molar refractivity (Wildman–Crippen MR) is 111 cm³/mol. The Morgan fingerprint density at radius 1 is 1.23 bits per heavy atom. The third kappa shape index (κ3) is 6.40. The molecule has 0 bridgehead atoms. The molecule has 0 saturated carbocycles. The van der Waals surface area contributed by atoms with Gasteiger partial charge in [-0.15, -0.1) is 10.2 Å². The van der Waals surface area contributed by atoms with Gasteiger partial charge in [0, 0.05) is 11.1 Å². The van der Waals surface area contributed by atoms with Crippen LogP contribution in [0, 0.1) is 0 Å². The van der Waals surface area contributed by atoms with Crippen LogP contribution in [0.25, 0.3) is 11.3 Å². The average molecular weight is 415 g/mol. The van der Waals surface area contributed by atoms with E-state index in [1.165, 1.54) is 12.2 Å². The van der Waals surface area contributed by atoms with Crippen molar-refractivity contribution < 1.29 is 18.3 Å². The Kier molecular flexibility index (Phi) is 7.24. The molecule has 0 fully saturated rings. The first-order chi connectivity index (χ1) is 14.1. The highest BCUT2D eigenvalue weighted by Gasteiger charge is 2.20. The highest BCUT2D eigenvalue weighted by atomic mass is 19.3. The van der Waals surface area contributed by atoms with E-state index in [9.17, 15) is 13.6 Å². The van der Waals surface area contributed by atoms with E-state index in [1.807, 2.05) is 13.8 Å². The lowest BCUT2D eigenvalue weighted by atomic mass is 9.95. The third-order valence-electron chi connectivity index (χ3n) is 4.13. The van der Waals surface area contributed by atoms with Gasteiger partial charge in [-0.1, -0.05) is 30.9 Å². The molecule has 30 heavy (non-hydrogen) atoms. The van der Waals surface area contributed by atoms with Crippen molar-refractivity contribution in [2.45, 2.75) is 26.0 Å². The summed E-state index contributed by atoms with van der Waals surface area (Å²) in [6, 6.07) is 10.3. The number of carbonyl (C=O) groups excluding carboxylic acids is 1. The van der Waals surface area contributed by atoms with Crippen molar-refractivity contribution in [1.29, 1.82) is 0 Å². The van der Waals surface area contributed by atoms with Crippen LogP contribution in [0.2, 0.25) is 0 Å². The minimum atomic E-state index is -2.98. The van der Waals surface area contributed by atoms with E-state index in [-0.39, 0.29) is 0 Å². The zero-order chi connectivity index (χ0) is 22.3. The highest BCUT2D eigenvalue weighted by molar-refractivity contribution is 5.93. The summed E-state index contributed by atoms with van der Waals surface area (Å²) in [4.78, 5) is 11.3. The maximum absolute atomic E-state index is 12.1. The second kappa shape index (κ2) is 9.64. The Labute approximate surface area is 173 Å². The fraction of sp³-hybridized carbons (Fsp3) is 0.190. The van der Waals surface area contributed by atoms with Crippen LogP contribution in [0.5, 0.6) is 0 Å². The molecule has 158 valence electrons. The molecule has 2 rings (SSSR count). The second-order valence-electron chi connectivity index (χ2n) is 6.83. The first-order valence-electron chi connectivity index (χ1n) is 8.88. The van der Waals surface area contributed by atoms with Gasteiger partial charge in [0.05, 0.1) is 11.2 Å². The van der Waals surface area contributed by atoms with Gasteiger partial charge in [-0.2, -0.15) is 8.78 Å². The van der Waals surface area contributed by atoms with Crippen molar-refractivity contribution in [3.63, 3.8) is 0 Å². The van der Waals surface area contributed by atoms with E-state index in [0.717, 1.165) is 0 Å². The molecule has 0 aliphatic heterocycles. The van der Waals surface area contributed by atoms with E-state index in [1.54, 1.807) is 42.5 Å². The molecule has 5 N–H and O–H groups in total. The Bertz CT molecular complexity index is 970. The fourth-order valence-electron chi connectivity index (χ4n) is 2.39. The van der Waals surface area contributed by atoms with Gasteiger partial charge in [0.1, 0.15) is 5.82 Å². The quantitative estimate of drug-likeness (QED) is 0.426. The van der Waals surface area contributed by atoms with Crippen LogP contribution in [0.1, 0.15) is 24.2 Å². The van der Waals surface area contributed by atoms with Crippen molar-refractivity contribution in [3.8, 4) is 11.3 Å². The van der Waals surface area contributed by atoms with E-state index >= 15 is 0 Å². The lowest BCUT2D eigenvalue weighted by Crippen LogP contribution is -2.32. The molecule has 1 heterocycles. The first kappa shape index (κ1) is 22.5. The van der Waals surface area contributed by atoms with Crippen molar-refractivity contribution in [1.82, 2.24) is 10.2 Å². The van der Waals surface area contributed by atoms with Crippen molar-refractivity contribution in [2.75, 3.05) is 5.32 Å². The number of rotatable bonds is 9. The summed E-state index contributed by atoms with van der Waals surface area (Å²) in [6.07, 6.45) is 4.29. The molecule has 1 aromatic heterocycles. The molecule has 0 aliphatic rings. The minimum absolute atomic E-state index is 0.384. The maximum Gasteiger partial charge on any atom is 0.388 e. The number of amides is 1. The number of allylic oxidation sites excluding steroid dienone is 2. The van der Waals surface area contributed by atoms with Gasteiger partial charge in [0.25, 0.3) is 0 Å². The summed E-state index contributed by atoms with van der Waals surface area (Å²) < 4.78 is 28.2. The first-order valence-corrected chi connectivity index (χ1v) is 8.88. The number of aromatic nitrogens is 2. The number of hydrogen-bond acceptors (Lipinski definition) is 6. The molecule has 0 atom stereocenters. The zero-order valence-corrected chi connectivity index (χ0v) is 16.6. The number of nitrogens with zero attached hydrogens (tertiary/aromatic N) is 2. The van der Waals surface area contributed by atoms with Gasteiger partial charge >= 0.3 is 6.61 Å². The number of nitrogens with one attached hydrogen (secondary N) is 1. The van der Waals surface area contributed by atoms with E-state index in [2.05, 4.69) is 26.8 Å².